The van der Waals surface area contributed by atoms with Crippen LogP contribution in [0.15, 0.2) is 40.6 Å². The molecule has 1 fully saturated rings. The van der Waals surface area contributed by atoms with E-state index in [0.29, 0.717) is 5.56 Å². The molecule has 1 saturated heterocycles. The second-order valence-corrected chi connectivity index (χ2v) is 11.2. The number of alkyl halides is 3. The molecule has 1 aliphatic heterocycles. The Bertz CT molecular complexity index is 1060. The topological polar surface area (TPSA) is 63.7 Å². The highest BCUT2D eigenvalue weighted by Crippen LogP contribution is 2.40. The molecule has 2 heterocycles. The molecule has 0 N–H and O–H groups in total. The monoisotopic (exact) mass is 489 g/mol. The molecule has 0 spiro atoms. The van der Waals surface area contributed by atoms with Crippen molar-refractivity contribution in [2.45, 2.75) is 49.9 Å². The maximum atomic E-state index is 13.1. The molecule has 0 radical (unpaired) electrons. The molecular weight excluding hydrogens is 463 g/mol. The second-order valence-electron chi connectivity index (χ2n) is 7.85. The largest absolute Gasteiger partial charge is 0.466 e. The van der Waals surface area contributed by atoms with E-state index in [2.05, 4.69) is 0 Å². The number of carbonyl (C=O) groups excluding carboxylic acids is 1. The molecule has 0 aliphatic carbocycles. The molecular formula is C22H26F3NO4S2. The van der Waals surface area contributed by atoms with Gasteiger partial charge >= 0.3 is 12.1 Å². The number of carbonyl (C=O) groups is 1. The smallest absolute Gasteiger partial charge is 0.416 e. The van der Waals surface area contributed by atoms with E-state index in [-0.39, 0.29) is 43.2 Å². The summed E-state index contributed by atoms with van der Waals surface area (Å²) in [4.78, 5) is 13.8. The van der Waals surface area contributed by atoms with Gasteiger partial charge in [-0.3, -0.25) is 4.79 Å². The van der Waals surface area contributed by atoms with Gasteiger partial charge in [-0.2, -0.15) is 17.5 Å². The normalized spacial score (nSPS) is 17.3. The van der Waals surface area contributed by atoms with Gasteiger partial charge in [-0.15, -0.1) is 11.3 Å². The van der Waals surface area contributed by atoms with E-state index in [0.717, 1.165) is 23.4 Å². The lowest BCUT2D eigenvalue weighted by molar-refractivity contribution is -0.158. The Balaban J connectivity index is 1.83. The van der Waals surface area contributed by atoms with Crippen LogP contribution >= 0.6 is 11.3 Å². The Kier molecular flexibility index (Phi) is 7.36. The number of esters is 1. The number of hydrogen-bond donors (Lipinski definition) is 0. The molecule has 0 bridgehead atoms. The highest BCUT2D eigenvalue weighted by molar-refractivity contribution is 7.91. The predicted octanol–water partition coefficient (Wildman–Crippen LogP) is 4.91. The number of sulfonamides is 1. The maximum Gasteiger partial charge on any atom is 0.416 e. The van der Waals surface area contributed by atoms with E-state index in [1.54, 1.807) is 25.1 Å². The van der Waals surface area contributed by atoms with Crippen LogP contribution < -0.4 is 0 Å². The Labute approximate surface area is 190 Å². The highest BCUT2D eigenvalue weighted by Gasteiger charge is 2.45. The van der Waals surface area contributed by atoms with Crippen molar-refractivity contribution in [1.82, 2.24) is 4.31 Å². The number of halogens is 3. The van der Waals surface area contributed by atoms with Crippen molar-refractivity contribution in [2.75, 3.05) is 19.7 Å². The third-order valence-electron chi connectivity index (χ3n) is 5.76. The van der Waals surface area contributed by atoms with Gasteiger partial charge in [-0.1, -0.05) is 25.1 Å². The van der Waals surface area contributed by atoms with Crippen LogP contribution in [-0.2, 0) is 38.6 Å². The van der Waals surface area contributed by atoms with E-state index >= 15 is 0 Å². The molecule has 1 aromatic carbocycles. The van der Waals surface area contributed by atoms with Crippen LogP contribution in [0.5, 0.6) is 0 Å². The van der Waals surface area contributed by atoms with Crippen molar-refractivity contribution in [3.8, 4) is 0 Å². The first-order valence-corrected chi connectivity index (χ1v) is 12.7. The number of piperidine rings is 1. The Hall–Kier alpha value is -1.91. The summed E-state index contributed by atoms with van der Waals surface area (Å²) >= 11 is 1.23. The number of nitrogens with zero attached hydrogens (tertiary/aromatic N) is 1. The van der Waals surface area contributed by atoms with Crippen molar-refractivity contribution in [2.24, 2.45) is 5.41 Å². The lowest BCUT2D eigenvalue weighted by Crippen LogP contribution is -2.48. The molecule has 0 amide bonds. The standard InChI is InChI=1S/C22H26F3NO4S2/c1-3-18-8-9-19(31-18)32(28,29)26-12-10-21(11-13-26,20(27)30-4-2)15-16-6-5-7-17(14-16)22(23,24)25/h5-9,14H,3-4,10-13,15H2,1-2H3. The fraction of sp³-hybridized carbons (Fsp3) is 0.500. The zero-order chi connectivity index (χ0) is 23.6. The third-order valence-corrected chi connectivity index (χ3v) is 9.36. The molecule has 0 atom stereocenters. The number of benzene rings is 1. The van der Waals surface area contributed by atoms with Gasteiger partial charge < -0.3 is 4.74 Å². The quantitative estimate of drug-likeness (QED) is 0.519. The lowest BCUT2D eigenvalue weighted by atomic mass is 9.74. The number of aryl methyl sites for hydroxylation is 1. The van der Waals surface area contributed by atoms with E-state index in [1.807, 2.05) is 6.92 Å². The summed E-state index contributed by atoms with van der Waals surface area (Å²) in [6.07, 6.45) is -3.34. The first-order valence-electron chi connectivity index (χ1n) is 10.4. The van der Waals surface area contributed by atoms with Crippen molar-refractivity contribution < 1.29 is 31.1 Å². The first kappa shape index (κ1) is 24.7. The Morgan fingerprint density at radius 3 is 2.41 bits per heavy atom. The van der Waals surface area contributed by atoms with Gasteiger partial charge in [0.25, 0.3) is 10.0 Å². The molecule has 3 rings (SSSR count). The van der Waals surface area contributed by atoms with Crippen LogP contribution in [0.2, 0.25) is 0 Å². The molecule has 0 saturated carbocycles. The van der Waals surface area contributed by atoms with Gasteiger partial charge in [0.15, 0.2) is 0 Å². The average Bonchev–Trinajstić information content (AvgIpc) is 3.24. The minimum Gasteiger partial charge on any atom is -0.466 e. The summed E-state index contributed by atoms with van der Waals surface area (Å²) in [6.45, 7) is 3.95. The molecule has 176 valence electrons. The summed E-state index contributed by atoms with van der Waals surface area (Å²) in [6, 6.07) is 8.28. The first-order chi connectivity index (χ1) is 15.0. The zero-order valence-corrected chi connectivity index (χ0v) is 19.6. The van der Waals surface area contributed by atoms with Crippen LogP contribution in [0.25, 0.3) is 0 Å². The third kappa shape index (κ3) is 5.18. The molecule has 0 unspecified atom stereocenters. The van der Waals surface area contributed by atoms with Crippen LogP contribution in [-0.4, -0.2) is 38.4 Å². The number of thiophene rings is 1. The minimum atomic E-state index is -4.48. The van der Waals surface area contributed by atoms with Crippen molar-refractivity contribution in [1.29, 1.82) is 0 Å². The van der Waals surface area contributed by atoms with Crippen LogP contribution in [0.3, 0.4) is 0 Å². The van der Waals surface area contributed by atoms with E-state index in [1.165, 1.54) is 21.7 Å². The number of ether oxygens (including phenoxy) is 1. The fourth-order valence-corrected chi connectivity index (χ4v) is 6.85. The van der Waals surface area contributed by atoms with E-state index in [9.17, 15) is 26.4 Å². The van der Waals surface area contributed by atoms with Gasteiger partial charge in [0.05, 0.1) is 17.6 Å². The van der Waals surface area contributed by atoms with Gasteiger partial charge in [0.1, 0.15) is 4.21 Å². The summed E-state index contributed by atoms with van der Waals surface area (Å²) in [5.41, 5.74) is -1.48. The lowest BCUT2D eigenvalue weighted by Gasteiger charge is -2.39. The van der Waals surface area contributed by atoms with Gasteiger partial charge in [0.2, 0.25) is 0 Å². The van der Waals surface area contributed by atoms with Crippen molar-refractivity contribution >= 4 is 27.3 Å². The SMILES string of the molecule is CCOC(=O)C1(Cc2cccc(C(F)(F)F)c2)CCN(S(=O)(=O)c2ccc(CC)s2)CC1. The summed E-state index contributed by atoms with van der Waals surface area (Å²) in [5, 5.41) is 0. The zero-order valence-electron chi connectivity index (χ0n) is 17.9. The minimum absolute atomic E-state index is 0.0582. The van der Waals surface area contributed by atoms with Gasteiger partial charge in [-0.05, 0) is 56.4 Å². The summed E-state index contributed by atoms with van der Waals surface area (Å²) in [5.74, 6) is -0.501. The van der Waals surface area contributed by atoms with Crippen molar-refractivity contribution in [3.05, 3.63) is 52.4 Å². The van der Waals surface area contributed by atoms with Crippen LogP contribution in [0.4, 0.5) is 13.2 Å². The average molecular weight is 490 g/mol. The van der Waals surface area contributed by atoms with E-state index in [4.69, 9.17) is 4.74 Å². The molecule has 32 heavy (non-hydrogen) atoms. The molecule has 1 aliphatic rings. The summed E-state index contributed by atoms with van der Waals surface area (Å²) in [7, 11) is -3.69. The van der Waals surface area contributed by atoms with Crippen LogP contribution in [0.1, 0.15) is 42.7 Å². The second kappa shape index (κ2) is 9.52. The number of rotatable bonds is 7. The molecule has 10 heteroatoms. The fourth-order valence-electron chi connectivity index (χ4n) is 3.95. The maximum absolute atomic E-state index is 13.1. The molecule has 1 aromatic heterocycles. The predicted molar refractivity (Wildman–Crippen MR) is 116 cm³/mol. The van der Waals surface area contributed by atoms with Crippen molar-refractivity contribution in [3.63, 3.8) is 0 Å². The van der Waals surface area contributed by atoms with Crippen LogP contribution in [0, 0.1) is 5.41 Å². The Morgan fingerprint density at radius 1 is 1.16 bits per heavy atom. The highest BCUT2D eigenvalue weighted by atomic mass is 32.2. The van der Waals surface area contributed by atoms with Gasteiger partial charge in [0, 0.05) is 18.0 Å². The van der Waals surface area contributed by atoms with E-state index < -0.39 is 33.1 Å². The van der Waals surface area contributed by atoms with Gasteiger partial charge in [-0.25, -0.2) is 8.42 Å². The summed E-state index contributed by atoms with van der Waals surface area (Å²) < 4.78 is 72.3. The Morgan fingerprint density at radius 2 is 1.84 bits per heavy atom. The number of hydrogen-bond acceptors (Lipinski definition) is 5. The molecule has 5 nitrogen and oxygen atoms in total. The molecule has 2 aromatic rings.